The van der Waals surface area contributed by atoms with Gasteiger partial charge in [-0.15, -0.1) is 0 Å². The molecule has 1 saturated heterocycles. The van der Waals surface area contributed by atoms with Gasteiger partial charge in [-0.2, -0.15) is 0 Å². The largest absolute Gasteiger partial charge is 0.294 e. The molecule has 3 N–H and O–H groups in total. The smallest absolute Gasteiger partial charge is 0.233 e. The van der Waals surface area contributed by atoms with Crippen LogP contribution < -0.4 is 11.3 Å². The van der Waals surface area contributed by atoms with Gasteiger partial charge in [-0.1, -0.05) is 6.92 Å². The number of carbonyl (C=O) groups excluding carboxylic acids is 3. The van der Waals surface area contributed by atoms with Crippen molar-refractivity contribution in [2.24, 2.45) is 11.8 Å². The van der Waals surface area contributed by atoms with E-state index in [4.69, 9.17) is 5.84 Å². The molecule has 1 heterocycles. The van der Waals surface area contributed by atoms with Gasteiger partial charge in [0.05, 0.1) is 0 Å². The van der Waals surface area contributed by atoms with Gasteiger partial charge in [0.25, 0.3) is 0 Å². The molecule has 0 bridgehead atoms. The Balaban J connectivity index is 2.29. The number of nitrogens with zero attached hydrogens (tertiary/aromatic N) is 1. The zero-order valence-electron chi connectivity index (χ0n) is 10.1. The van der Waals surface area contributed by atoms with E-state index < -0.39 is 0 Å². The average Bonchev–Trinajstić information content (AvgIpc) is 2.26. The molecule has 1 aliphatic rings. The molecule has 6 nitrogen and oxygen atoms in total. The molecule has 0 spiro atoms. The van der Waals surface area contributed by atoms with Crippen LogP contribution in [-0.4, -0.2) is 29.2 Å². The number of piperidine rings is 1. The summed E-state index contributed by atoms with van der Waals surface area (Å²) in [6, 6.07) is 0. The van der Waals surface area contributed by atoms with Crippen LogP contribution >= 0.6 is 0 Å². The molecule has 6 heteroatoms. The van der Waals surface area contributed by atoms with E-state index in [-0.39, 0.29) is 23.6 Å². The summed E-state index contributed by atoms with van der Waals surface area (Å²) in [5, 5.41) is 0. The average molecular weight is 241 g/mol. The van der Waals surface area contributed by atoms with E-state index in [2.05, 4.69) is 0 Å². The molecule has 0 saturated carbocycles. The predicted octanol–water partition coefficient (Wildman–Crippen LogP) is -0.0683. The number of hydrogen-bond acceptors (Lipinski definition) is 4. The minimum Gasteiger partial charge on any atom is -0.294 e. The summed E-state index contributed by atoms with van der Waals surface area (Å²) in [7, 11) is 0. The van der Waals surface area contributed by atoms with Crippen LogP contribution in [0.15, 0.2) is 0 Å². The molecule has 0 aromatic heterocycles. The lowest BCUT2D eigenvalue weighted by atomic mass is 9.97. The molecule has 0 aromatic rings. The van der Waals surface area contributed by atoms with E-state index in [1.807, 2.05) is 12.3 Å². The zero-order valence-corrected chi connectivity index (χ0v) is 10.1. The molecule has 96 valence electrons. The quantitative estimate of drug-likeness (QED) is 0.232. The van der Waals surface area contributed by atoms with Crippen molar-refractivity contribution >= 4 is 17.7 Å². The first-order valence-corrected chi connectivity index (χ1v) is 5.87. The van der Waals surface area contributed by atoms with Crippen LogP contribution in [-0.2, 0) is 14.4 Å². The van der Waals surface area contributed by atoms with Crippen LogP contribution in [0.5, 0.6) is 0 Å². The van der Waals surface area contributed by atoms with Gasteiger partial charge in [0, 0.05) is 25.8 Å². The highest BCUT2D eigenvalue weighted by molar-refractivity contribution is 5.97. The van der Waals surface area contributed by atoms with Crippen molar-refractivity contribution in [2.45, 2.75) is 39.0 Å². The summed E-state index contributed by atoms with van der Waals surface area (Å²) in [5.74, 6) is 4.66. The molecular formula is C11H19N3O3. The van der Waals surface area contributed by atoms with E-state index in [9.17, 15) is 14.4 Å². The first-order valence-electron chi connectivity index (χ1n) is 5.87. The van der Waals surface area contributed by atoms with E-state index >= 15 is 0 Å². The topological polar surface area (TPSA) is 92.5 Å². The number of hydrogen-bond donors (Lipinski definition) is 2. The van der Waals surface area contributed by atoms with Crippen molar-refractivity contribution < 1.29 is 14.4 Å². The van der Waals surface area contributed by atoms with E-state index in [0.717, 1.165) is 0 Å². The first-order chi connectivity index (χ1) is 8.04. The summed E-state index contributed by atoms with van der Waals surface area (Å²) in [6.07, 6.45) is 2.46. The van der Waals surface area contributed by atoms with Crippen LogP contribution in [0.4, 0.5) is 0 Å². The maximum absolute atomic E-state index is 11.6. The highest BCUT2D eigenvalue weighted by Gasteiger charge is 2.29. The molecule has 0 unspecified atom stereocenters. The van der Waals surface area contributed by atoms with Gasteiger partial charge >= 0.3 is 0 Å². The molecule has 1 rings (SSSR count). The number of imide groups is 1. The summed E-state index contributed by atoms with van der Waals surface area (Å²) in [4.78, 5) is 35.4. The number of amides is 3. The summed E-state index contributed by atoms with van der Waals surface area (Å²) in [6.45, 7) is 2.31. The molecule has 1 fully saturated rings. The van der Waals surface area contributed by atoms with Crippen molar-refractivity contribution in [3.8, 4) is 0 Å². The van der Waals surface area contributed by atoms with Gasteiger partial charge in [-0.25, -0.2) is 5.84 Å². The Bertz CT molecular complexity index is 299. The number of rotatable bonds is 5. The van der Waals surface area contributed by atoms with Crippen molar-refractivity contribution in [3.05, 3.63) is 0 Å². The van der Waals surface area contributed by atoms with Crippen LogP contribution in [0.25, 0.3) is 0 Å². The second-order valence-corrected chi connectivity index (χ2v) is 4.48. The third-order valence-electron chi connectivity index (χ3n) is 2.84. The number of hydrazine groups is 1. The maximum atomic E-state index is 11.6. The zero-order chi connectivity index (χ0) is 12.8. The molecule has 17 heavy (non-hydrogen) atoms. The highest BCUT2D eigenvalue weighted by Crippen LogP contribution is 2.19. The number of nitrogens with one attached hydrogen (secondary N) is 1. The standard InChI is InChI=1S/C11H19N3O3/c1-8-6-10(16)14(11(17)7-8)5-3-2-4-9(15)13-12/h8H,2-7,12H2,1H3,(H,13,15). The Labute approximate surface area is 100 Å². The molecule has 1 aliphatic heterocycles. The third kappa shape index (κ3) is 4.14. The fourth-order valence-corrected chi connectivity index (χ4v) is 1.90. The lowest BCUT2D eigenvalue weighted by molar-refractivity contribution is -0.149. The van der Waals surface area contributed by atoms with Gasteiger partial charge < -0.3 is 0 Å². The van der Waals surface area contributed by atoms with Gasteiger partial charge in [0.2, 0.25) is 17.7 Å². The van der Waals surface area contributed by atoms with Crippen LogP contribution in [0.2, 0.25) is 0 Å². The minimum atomic E-state index is -0.227. The van der Waals surface area contributed by atoms with E-state index in [1.54, 1.807) is 0 Å². The van der Waals surface area contributed by atoms with Gasteiger partial charge in [-0.05, 0) is 18.8 Å². The van der Waals surface area contributed by atoms with Gasteiger partial charge in [0.1, 0.15) is 0 Å². The Morgan fingerprint density at radius 1 is 1.35 bits per heavy atom. The summed E-state index contributed by atoms with van der Waals surface area (Å²) < 4.78 is 0. The number of unbranched alkanes of at least 4 members (excludes halogenated alkanes) is 1. The molecule has 0 radical (unpaired) electrons. The minimum absolute atomic E-state index is 0.1000. The Morgan fingerprint density at radius 3 is 2.47 bits per heavy atom. The second kappa shape index (κ2) is 6.34. The summed E-state index contributed by atoms with van der Waals surface area (Å²) in [5.41, 5.74) is 2.04. The van der Waals surface area contributed by atoms with Crippen molar-refractivity contribution in [1.29, 1.82) is 0 Å². The summed E-state index contributed by atoms with van der Waals surface area (Å²) >= 11 is 0. The first kappa shape index (κ1) is 13.6. The highest BCUT2D eigenvalue weighted by atomic mass is 16.2. The SMILES string of the molecule is CC1CC(=O)N(CCCCC(=O)NN)C(=O)C1. The van der Waals surface area contributed by atoms with E-state index in [0.29, 0.717) is 38.6 Å². The maximum Gasteiger partial charge on any atom is 0.233 e. The molecule has 0 aromatic carbocycles. The van der Waals surface area contributed by atoms with Crippen molar-refractivity contribution in [1.82, 2.24) is 10.3 Å². The van der Waals surface area contributed by atoms with Gasteiger partial charge in [0.15, 0.2) is 0 Å². The lowest BCUT2D eigenvalue weighted by Gasteiger charge is -2.28. The number of nitrogens with two attached hydrogens (primary N) is 1. The van der Waals surface area contributed by atoms with Crippen molar-refractivity contribution in [2.75, 3.05) is 6.54 Å². The molecule has 0 atom stereocenters. The Morgan fingerprint density at radius 2 is 1.94 bits per heavy atom. The lowest BCUT2D eigenvalue weighted by Crippen LogP contribution is -2.43. The molecule has 0 aliphatic carbocycles. The molecule has 3 amide bonds. The number of carbonyl (C=O) groups is 3. The van der Waals surface area contributed by atoms with Crippen LogP contribution in [0.3, 0.4) is 0 Å². The van der Waals surface area contributed by atoms with Crippen LogP contribution in [0, 0.1) is 5.92 Å². The van der Waals surface area contributed by atoms with Crippen LogP contribution in [0.1, 0.15) is 39.0 Å². The monoisotopic (exact) mass is 241 g/mol. The number of likely N-dealkylation sites (tertiary alicyclic amines) is 1. The normalized spacial score (nSPS) is 17.4. The Kier molecular flexibility index (Phi) is 5.09. The van der Waals surface area contributed by atoms with Crippen molar-refractivity contribution in [3.63, 3.8) is 0 Å². The van der Waals surface area contributed by atoms with E-state index in [1.165, 1.54) is 4.90 Å². The predicted molar refractivity (Wildman–Crippen MR) is 61.3 cm³/mol. The second-order valence-electron chi connectivity index (χ2n) is 4.48. The fourth-order valence-electron chi connectivity index (χ4n) is 1.90. The fraction of sp³-hybridized carbons (Fsp3) is 0.727. The third-order valence-corrected chi connectivity index (χ3v) is 2.84. The Hall–Kier alpha value is -1.43. The molecular weight excluding hydrogens is 222 g/mol. The van der Waals surface area contributed by atoms with Gasteiger partial charge in [-0.3, -0.25) is 24.7 Å².